The molecular weight excluding hydrogens is 392 g/mol. The standard InChI is InChI=1S/C20H18N4O4S/c25-19(22-15-6-8-17-18(12-15)24-20(26)23-17)9-10-21-29(27,28)16-7-5-13-3-1-2-4-14(13)11-16/h1-8,11-12,21H,9-10H2,(H,22,25)(H2,23,24,26). The summed E-state index contributed by atoms with van der Waals surface area (Å²) in [6.07, 6.45) is -0.0332. The smallest absolute Gasteiger partial charge is 0.323 e. The van der Waals surface area contributed by atoms with Gasteiger partial charge in [0.1, 0.15) is 0 Å². The third kappa shape index (κ3) is 4.20. The van der Waals surface area contributed by atoms with Crippen molar-refractivity contribution in [1.82, 2.24) is 14.7 Å². The van der Waals surface area contributed by atoms with Crippen molar-refractivity contribution in [3.8, 4) is 0 Å². The molecule has 3 aromatic carbocycles. The highest BCUT2D eigenvalue weighted by Gasteiger charge is 2.15. The minimum Gasteiger partial charge on any atom is -0.326 e. The Labute approximate surface area is 166 Å². The van der Waals surface area contributed by atoms with Crippen LogP contribution in [0.2, 0.25) is 0 Å². The van der Waals surface area contributed by atoms with Gasteiger partial charge in [0.2, 0.25) is 15.9 Å². The molecule has 4 N–H and O–H groups in total. The van der Waals surface area contributed by atoms with Gasteiger partial charge >= 0.3 is 5.69 Å². The number of H-pyrrole nitrogens is 2. The SMILES string of the molecule is O=C(CCNS(=O)(=O)c1ccc2ccccc2c1)Nc1ccc2[nH]c(=O)[nH]c2c1. The molecule has 4 aromatic rings. The van der Waals surface area contributed by atoms with Crippen molar-refractivity contribution in [1.29, 1.82) is 0 Å². The van der Waals surface area contributed by atoms with Crippen LogP contribution in [0, 0.1) is 0 Å². The van der Waals surface area contributed by atoms with Crippen molar-refractivity contribution in [2.24, 2.45) is 0 Å². The molecule has 9 heteroatoms. The molecule has 0 aliphatic rings. The van der Waals surface area contributed by atoms with Crippen LogP contribution >= 0.6 is 0 Å². The predicted molar refractivity (Wildman–Crippen MR) is 111 cm³/mol. The molecule has 0 bridgehead atoms. The quantitative estimate of drug-likeness (QED) is 0.389. The van der Waals surface area contributed by atoms with E-state index in [4.69, 9.17) is 0 Å². The molecule has 0 radical (unpaired) electrons. The number of imidazole rings is 1. The summed E-state index contributed by atoms with van der Waals surface area (Å²) in [6, 6.07) is 17.3. The van der Waals surface area contributed by atoms with Gasteiger partial charge < -0.3 is 15.3 Å². The highest BCUT2D eigenvalue weighted by Crippen LogP contribution is 2.19. The van der Waals surface area contributed by atoms with E-state index in [2.05, 4.69) is 20.0 Å². The summed E-state index contributed by atoms with van der Waals surface area (Å²) in [7, 11) is -3.72. The first-order valence-electron chi connectivity index (χ1n) is 8.91. The summed E-state index contributed by atoms with van der Waals surface area (Å²) in [6.45, 7) is -0.0375. The fraction of sp³-hybridized carbons (Fsp3) is 0.100. The lowest BCUT2D eigenvalue weighted by molar-refractivity contribution is -0.116. The van der Waals surface area contributed by atoms with Crippen molar-refractivity contribution < 1.29 is 13.2 Å². The highest BCUT2D eigenvalue weighted by atomic mass is 32.2. The van der Waals surface area contributed by atoms with E-state index in [-0.39, 0.29) is 29.5 Å². The number of hydrogen-bond acceptors (Lipinski definition) is 4. The fourth-order valence-corrected chi connectivity index (χ4v) is 4.12. The molecule has 29 heavy (non-hydrogen) atoms. The van der Waals surface area contributed by atoms with Crippen LogP contribution < -0.4 is 15.7 Å². The van der Waals surface area contributed by atoms with Gasteiger partial charge in [0.15, 0.2) is 0 Å². The largest absolute Gasteiger partial charge is 0.326 e. The third-order valence-electron chi connectivity index (χ3n) is 4.48. The molecule has 0 saturated carbocycles. The fourth-order valence-electron chi connectivity index (χ4n) is 3.05. The number of benzene rings is 3. The first-order chi connectivity index (χ1) is 13.9. The van der Waals surface area contributed by atoms with Crippen molar-refractivity contribution in [3.63, 3.8) is 0 Å². The van der Waals surface area contributed by atoms with Crippen LogP contribution in [0.15, 0.2) is 70.4 Å². The Bertz CT molecular complexity index is 1370. The topological polar surface area (TPSA) is 124 Å². The van der Waals surface area contributed by atoms with Crippen LogP contribution in [0.3, 0.4) is 0 Å². The van der Waals surface area contributed by atoms with Crippen molar-refractivity contribution in [3.05, 3.63) is 71.1 Å². The molecule has 0 atom stereocenters. The minimum atomic E-state index is -3.72. The number of aromatic nitrogens is 2. The monoisotopic (exact) mass is 410 g/mol. The van der Waals surface area contributed by atoms with Crippen LogP contribution in [0.4, 0.5) is 5.69 Å². The normalized spacial score (nSPS) is 11.7. The number of nitrogens with one attached hydrogen (secondary N) is 4. The van der Waals surface area contributed by atoms with Gasteiger partial charge in [-0.05, 0) is 41.1 Å². The molecule has 0 saturated heterocycles. The van der Waals surface area contributed by atoms with E-state index in [1.165, 1.54) is 6.07 Å². The maximum absolute atomic E-state index is 12.5. The minimum absolute atomic E-state index is 0.0332. The van der Waals surface area contributed by atoms with Crippen molar-refractivity contribution in [2.75, 3.05) is 11.9 Å². The van der Waals surface area contributed by atoms with E-state index in [9.17, 15) is 18.0 Å². The molecule has 1 amide bonds. The van der Waals surface area contributed by atoms with Crippen LogP contribution in [0.1, 0.15) is 6.42 Å². The predicted octanol–water partition coefficient (Wildman–Crippen LogP) is 2.32. The Morgan fingerprint density at radius 3 is 2.48 bits per heavy atom. The second kappa shape index (κ2) is 7.53. The zero-order valence-electron chi connectivity index (χ0n) is 15.2. The Morgan fingerprint density at radius 2 is 1.66 bits per heavy atom. The summed E-state index contributed by atoms with van der Waals surface area (Å²) in [5.41, 5.74) is 1.39. The number of anilines is 1. The average Bonchev–Trinajstić information content (AvgIpc) is 3.06. The zero-order valence-corrected chi connectivity index (χ0v) is 16.0. The molecule has 0 unspecified atom stereocenters. The number of carbonyl (C=O) groups is 1. The molecule has 0 fully saturated rings. The van der Waals surface area contributed by atoms with Crippen LogP contribution in [0.25, 0.3) is 21.8 Å². The van der Waals surface area contributed by atoms with Gasteiger partial charge in [-0.3, -0.25) is 4.79 Å². The van der Waals surface area contributed by atoms with E-state index in [0.717, 1.165) is 10.8 Å². The summed E-state index contributed by atoms with van der Waals surface area (Å²) in [5.74, 6) is -0.344. The molecule has 1 heterocycles. The number of amides is 1. The number of aromatic amines is 2. The van der Waals surface area contributed by atoms with E-state index in [0.29, 0.717) is 16.7 Å². The van der Waals surface area contributed by atoms with Gasteiger partial charge in [0.25, 0.3) is 0 Å². The van der Waals surface area contributed by atoms with E-state index >= 15 is 0 Å². The van der Waals surface area contributed by atoms with Gasteiger partial charge in [-0.25, -0.2) is 17.9 Å². The maximum Gasteiger partial charge on any atom is 0.323 e. The first-order valence-corrected chi connectivity index (χ1v) is 10.4. The van der Waals surface area contributed by atoms with Crippen LogP contribution in [-0.4, -0.2) is 30.8 Å². The molecule has 8 nitrogen and oxygen atoms in total. The average molecular weight is 410 g/mol. The number of hydrogen-bond donors (Lipinski definition) is 4. The second-order valence-electron chi connectivity index (χ2n) is 6.54. The molecule has 0 aliphatic heterocycles. The number of sulfonamides is 1. The van der Waals surface area contributed by atoms with Crippen LogP contribution in [0.5, 0.6) is 0 Å². The van der Waals surface area contributed by atoms with E-state index in [1.807, 2.05) is 24.3 Å². The number of carbonyl (C=O) groups excluding carboxylic acids is 1. The second-order valence-corrected chi connectivity index (χ2v) is 8.31. The molecule has 4 rings (SSSR count). The lowest BCUT2D eigenvalue weighted by Crippen LogP contribution is -2.27. The Morgan fingerprint density at radius 1 is 0.897 bits per heavy atom. The van der Waals surface area contributed by atoms with Gasteiger partial charge in [0, 0.05) is 18.7 Å². The van der Waals surface area contributed by atoms with Crippen LogP contribution in [-0.2, 0) is 14.8 Å². The first kappa shape index (κ1) is 18.9. The number of rotatable bonds is 6. The Kier molecular flexibility index (Phi) is 4.91. The van der Waals surface area contributed by atoms with Gasteiger partial charge in [-0.2, -0.15) is 0 Å². The van der Waals surface area contributed by atoms with E-state index < -0.39 is 10.0 Å². The van der Waals surface area contributed by atoms with Crippen molar-refractivity contribution in [2.45, 2.75) is 11.3 Å². The van der Waals surface area contributed by atoms with Crippen molar-refractivity contribution >= 4 is 43.4 Å². The molecule has 0 aliphatic carbocycles. The van der Waals surface area contributed by atoms with Gasteiger partial charge in [-0.1, -0.05) is 30.3 Å². The zero-order chi connectivity index (χ0) is 20.4. The van der Waals surface area contributed by atoms with Gasteiger partial charge in [-0.15, -0.1) is 0 Å². The maximum atomic E-state index is 12.5. The molecule has 148 valence electrons. The third-order valence-corrected chi connectivity index (χ3v) is 5.93. The molecule has 0 spiro atoms. The van der Waals surface area contributed by atoms with Gasteiger partial charge in [0.05, 0.1) is 15.9 Å². The summed E-state index contributed by atoms with van der Waals surface area (Å²) >= 11 is 0. The lowest BCUT2D eigenvalue weighted by Gasteiger charge is -2.09. The Hall–Kier alpha value is -3.43. The Balaban J connectivity index is 1.37. The number of fused-ring (bicyclic) bond motifs is 2. The highest BCUT2D eigenvalue weighted by molar-refractivity contribution is 7.89. The lowest BCUT2D eigenvalue weighted by atomic mass is 10.1. The molecular formula is C20H18N4O4S. The summed E-state index contributed by atoms with van der Waals surface area (Å²) in [5, 5.41) is 4.46. The summed E-state index contributed by atoms with van der Waals surface area (Å²) in [4.78, 5) is 28.8. The summed E-state index contributed by atoms with van der Waals surface area (Å²) < 4.78 is 27.4. The molecule has 1 aromatic heterocycles. The van der Waals surface area contributed by atoms with E-state index in [1.54, 1.807) is 30.3 Å².